The maximum absolute atomic E-state index is 13.0. The van der Waals surface area contributed by atoms with Crippen LogP contribution >= 0.6 is 0 Å². The average molecular weight is 538 g/mol. The molecule has 0 aliphatic rings. The molecule has 0 fully saturated rings. The van der Waals surface area contributed by atoms with E-state index in [-0.39, 0.29) is 24.8 Å². The van der Waals surface area contributed by atoms with Gasteiger partial charge < -0.3 is 19.5 Å². The Balaban J connectivity index is 1.24. The summed E-state index contributed by atoms with van der Waals surface area (Å²) >= 11 is 0. The number of carbonyl (C=O) groups excluding carboxylic acids is 2. The third-order valence-electron chi connectivity index (χ3n) is 6.25. The highest BCUT2D eigenvalue weighted by atomic mass is 16.5. The van der Waals surface area contributed by atoms with Crippen molar-refractivity contribution in [2.75, 3.05) is 27.4 Å². The fourth-order valence-electron chi connectivity index (χ4n) is 4.16. The molecule has 2 heterocycles. The third-order valence-corrected chi connectivity index (χ3v) is 6.25. The first-order valence-corrected chi connectivity index (χ1v) is 12.5. The number of aromatic nitrogens is 4. The van der Waals surface area contributed by atoms with Crippen molar-refractivity contribution in [1.29, 1.82) is 0 Å². The molecule has 0 unspecified atom stereocenters. The Morgan fingerprint density at radius 1 is 0.850 bits per heavy atom. The first-order valence-electron chi connectivity index (χ1n) is 12.5. The molecule has 1 amide bonds. The summed E-state index contributed by atoms with van der Waals surface area (Å²) in [5.74, 6) is 1.42. The van der Waals surface area contributed by atoms with Crippen LogP contribution in [-0.4, -0.2) is 58.9 Å². The summed E-state index contributed by atoms with van der Waals surface area (Å²) in [7, 11) is 3.13. The van der Waals surface area contributed by atoms with E-state index in [1.54, 1.807) is 79.4 Å². The third kappa shape index (κ3) is 5.46. The molecule has 202 valence electrons. The lowest BCUT2D eigenvalue weighted by atomic mass is 9.97. The molecule has 0 saturated carbocycles. The van der Waals surface area contributed by atoms with Crippen LogP contribution in [0.4, 0.5) is 0 Å². The summed E-state index contributed by atoms with van der Waals surface area (Å²) in [6.45, 7) is 2.32. The van der Waals surface area contributed by atoms with Gasteiger partial charge in [-0.2, -0.15) is 4.52 Å². The molecular weight excluding hydrogens is 510 g/mol. The average Bonchev–Trinajstić information content (AvgIpc) is 3.42. The topological polar surface area (TPSA) is 117 Å². The van der Waals surface area contributed by atoms with Crippen LogP contribution in [0.15, 0.2) is 78.9 Å². The number of fused-ring (bicyclic) bond motifs is 1. The van der Waals surface area contributed by atoms with E-state index in [2.05, 4.69) is 20.6 Å². The number of nitrogens with one attached hydrogen (secondary N) is 1. The van der Waals surface area contributed by atoms with Crippen LogP contribution in [0.2, 0.25) is 0 Å². The van der Waals surface area contributed by atoms with Gasteiger partial charge in [-0.15, -0.1) is 15.3 Å². The number of benzene rings is 3. The number of rotatable bonds is 10. The number of ketones is 1. The minimum atomic E-state index is -0.363. The molecule has 0 bridgehead atoms. The van der Waals surface area contributed by atoms with Crippen LogP contribution in [0, 0.1) is 6.92 Å². The molecule has 0 atom stereocenters. The molecule has 40 heavy (non-hydrogen) atoms. The normalized spacial score (nSPS) is 10.8. The quantitative estimate of drug-likeness (QED) is 0.209. The lowest BCUT2D eigenvalue weighted by molar-refractivity contribution is 0.0936. The molecule has 10 nitrogen and oxygen atoms in total. The summed E-state index contributed by atoms with van der Waals surface area (Å²) in [5.41, 5.74) is 3.50. The van der Waals surface area contributed by atoms with Gasteiger partial charge in [-0.25, -0.2) is 0 Å². The highest BCUT2D eigenvalue weighted by Crippen LogP contribution is 2.31. The number of carbonyl (C=O) groups is 2. The lowest BCUT2D eigenvalue weighted by Crippen LogP contribution is -2.29. The number of hydrogen-bond donors (Lipinski definition) is 1. The van der Waals surface area contributed by atoms with Gasteiger partial charge in [0.25, 0.3) is 5.91 Å². The second kappa shape index (κ2) is 11.6. The van der Waals surface area contributed by atoms with Crippen LogP contribution in [-0.2, 0) is 0 Å². The van der Waals surface area contributed by atoms with Crippen molar-refractivity contribution in [3.63, 3.8) is 0 Å². The van der Waals surface area contributed by atoms with Gasteiger partial charge in [0.05, 0.1) is 26.3 Å². The number of aryl methyl sites for hydroxylation is 1. The van der Waals surface area contributed by atoms with Crippen molar-refractivity contribution in [3.05, 3.63) is 101 Å². The molecule has 3 aromatic carbocycles. The Morgan fingerprint density at radius 3 is 2.35 bits per heavy atom. The van der Waals surface area contributed by atoms with Crippen molar-refractivity contribution in [2.45, 2.75) is 6.92 Å². The molecule has 2 aromatic heterocycles. The lowest BCUT2D eigenvalue weighted by Gasteiger charge is -2.11. The molecule has 0 aliphatic heterocycles. The van der Waals surface area contributed by atoms with Gasteiger partial charge in [0.1, 0.15) is 6.61 Å². The monoisotopic (exact) mass is 537 g/mol. The van der Waals surface area contributed by atoms with Crippen LogP contribution in [0.1, 0.15) is 31.8 Å². The predicted molar refractivity (Wildman–Crippen MR) is 148 cm³/mol. The van der Waals surface area contributed by atoms with Gasteiger partial charge in [0.15, 0.2) is 28.8 Å². The maximum atomic E-state index is 13.0. The molecule has 0 radical (unpaired) electrons. The highest BCUT2D eigenvalue weighted by molar-refractivity contribution is 6.15. The van der Waals surface area contributed by atoms with Crippen molar-refractivity contribution in [2.24, 2.45) is 0 Å². The smallest absolute Gasteiger partial charge is 0.252 e. The minimum Gasteiger partial charge on any atom is -0.493 e. The standard InChI is InChI=1S/C30H27N5O5/c1-19-8-10-20(11-9-19)28(36)22-6-4-5-7-23(22)30(37)31-16-17-40-27-15-14-26-32-33-29(35(26)34-27)21-12-13-24(38-2)25(18-21)39-3/h4-15,18H,16-17H2,1-3H3,(H,31,37). The molecule has 0 saturated heterocycles. The molecule has 5 aromatic rings. The van der Waals surface area contributed by atoms with E-state index in [4.69, 9.17) is 14.2 Å². The zero-order valence-corrected chi connectivity index (χ0v) is 22.2. The number of nitrogens with zero attached hydrogens (tertiary/aromatic N) is 4. The van der Waals surface area contributed by atoms with E-state index in [0.29, 0.717) is 45.5 Å². The Labute approximate surface area is 230 Å². The SMILES string of the molecule is COc1ccc(-c2nnc3ccc(OCCNC(=O)c4ccccc4C(=O)c4ccc(C)cc4)nn23)cc1OC. The van der Waals surface area contributed by atoms with Crippen molar-refractivity contribution < 1.29 is 23.8 Å². The number of amides is 1. The second-order valence-corrected chi connectivity index (χ2v) is 8.88. The van der Waals surface area contributed by atoms with Gasteiger partial charge in [0, 0.05) is 22.8 Å². The Kier molecular flexibility index (Phi) is 7.68. The van der Waals surface area contributed by atoms with Crippen molar-refractivity contribution in [3.8, 4) is 28.8 Å². The summed E-state index contributed by atoms with van der Waals surface area (Å²) in [5, 5.41) is 15.7. The number of methoxy groups -OCH3 is 2. The van der Waals surface area contributed by atoms with Crippen LogP contribution in [0.25, 0.3) is 17.0 Å². The number of hydrogen-bond acceptors (Lipinski definition) is 8. The van der Waals surface area contributed by atoms with Crippen molar-refractivity contribution in [1.82, 2.24) is 25.1 Å². The molecule has 0 spiro atoms. The summed E-state index contributed by atoms with van der Waals surface area (Å²) in [6.07, 6.45) is 0. The van der Waals surface area contributed by atoms with Gasteiger partial charge in [0.2, 0.25) is 5.88 Å². The first kappa shape index (κ1) is 26.4. The Bertz CT molecular complexity index is 1680. The van der Waals surface area contributed by atoms with Crippen LogP contribution < -0.4 is 19.5 Å². The molecule has 0 aliphatic carbocycles. The fraction of sp³-hybridized carbons (Fsp3) is 0.167. The minimum absolute atomic E-state index is 0.159. The van der Waals surface area contributed by atoms with Gasteiger partial charge >= 0.3 is 0 Å². The zero-order valence-electron chi connectivity index (χ0n) is 22.2. The highest BCUT2D eigenvalue weighted by Gasteiger charge is 2.18. The maximum Gasteiger partial charge on any atom is 0.252 e. The first-order chi connectivity index (χ1) is 19.5. The Morgan fingerprint density at radius 2 is 1.60 bits per heavy atom. The van der Waals surface area contributed by atoms with E-state index in [9.17, 15) is 9.59 Å². The molecule has 5 rings (SSSR count). The van der Waals surface area contributed by atoms with E-state index < -0.39 is 0 Å². The van der Waals surface area contributed by atoms with Crippen LogP contribution in [0.3, 0.4) is 0 Å². The molecule has 1 N–H and O–H groups in total. The predicted octanol–water partition coefficient (Wildman–Crippen LogP) is 4.16. The fourth-order valence-corrected chi connectivity index (χ4v) is 4.16. The summed E-state index contributed by atoms with van der Waals surface area (Å²) < 4.78 is 18.1. The van der Waals surface area contributed by atoms with E-state index in [0.717, 1.165) is 11.1 Å². The zero-order chi connectivity index (χ0) is 28.1. The van der Waals surface area contributed by atoms with Crippen molar-refractivity contribution >= 4 is 17.3 Å². The van der Waals surface area contributed by atoms with Crippen LogP contribution in [0.5, 0.6) is 17.4 Å². The van der Waals surface area contributed by atoms with E-state index >= 15 is 0 Å². The second-order valence-electron chi connectivity index (χ2n) is 8.88. The van der Waals surface area contributed by atoms with Gasteiger partial charge in [-0.3, -0.25) is 9.59 Å². The molecular formula is C30H27N5O5. The number of ether oxygens (including phenoxy) is 3. The van der Waals surface area contributed by atoms with Gasteiger partial charge in [-0.1, -0.05) is 48.0 Å². The Hall–Kier alpha value is -5.25. The summed E-state index contributed by atoms with van der Waals surface area (Å²) in [4.78, 5) is 26.0. The largest absolute Gasteiger partial charge is 0.493 e. The van der Waals surface area contributed by atoms with E-state index in [1.165, 1.54) is 0 Å². The van der Waals surface area contributed by atoms with E-state index in [1.807, 2.05) is 25.1 Å². The summed E-state index contributed by atoms with van der Waals surface area (Å²) in [6, 6.07) is 22.9. The molecule has 10 heteroatoms. The van der Waals surface area contributed by atoms with Gasteiger partial charge in [-0.05, 0) is 37.3 Å².